The zero-order chi connectivity index (χ0) is 13.1. The van der Waals surface area contributed by atoms with Gasteiger partial charge in [0, 0.05) is 10.9 Å². The van der Waals surface area contributed by atoms with Crippen LogP contribution in [0.2, 0.25) is 0 Å². The molecule has 0 aliphatic rings. The molecule has 7 heteroatoms. The van der Waals surface area contributed by atoms with E-state index in [9.17, 15) is 8.78 Å². The molecule has 18 heavy (non-hydrogen) atoms. The van der Waals surface area contributed by atoms with Crippen molar-refractivity contribution in [3.8, 4) is 0 Å². The maximum atomic E-state index is 13.5. The Morgan fingerprint density at radius 2 is 2.17 bits per heavy atom. The second-order valence-corrected chi connectivity index (χ2v) is 4.41. The SMILES string of the molecule is Cc1ccc(C=NNc2nc(N)cs2)c(F)c1F. The lowest BCUT2D eigenvalue weighted by molar-refractivity contribution is 0.502. The minimum Gasteiger partial charge on any atom is -0.383 e. The standard InChI is InChI=1S/C11H10F2N4S/c1-6-2-3-7(10(13)9(6)12)4-15-17-11-16-8(14)5-18-11/h2-5H,14H2,1H3,(H,16,17). The van der Waals surface area contributed by atoms with E-state index >= 15 is 0 Å². The lowest BCUT2D eigenvalue weighted by Gasteiger charge is -2.01. The van der Waals surface area contributed by atoms with E-state index in [2.05, 4.69) is 15.5 Å². The van der Waals surface area contributed by atoms with Crippen LogP contribution in [0.3, 0.4) is 0 Å². The van der Waals surface area contributed by atoms with Crippen molar-refractivity contribution in [3.05, 3.63) is 40.3 Å². The monoisotopic (exact) mass is 268 g/mol. The summed E-state index contributed by atoms with van der Waals surface area (Å²) in [5.41, 5.74) is 8.32. The molecule has 0 saturated carbocycles. The minimum atomic E-state index is -0.917. The number of benzene rings is 1. The van der Waals surface area contributed by atoms with Crippen LogP contribution in [0.5, 0.6) is 0 Å². The molecule has 94 valence electrons. The molecule has 1 aromatic heterocycles. The third kappa shape index (κ3) is 2.62. The van der Waals surface area contributed by atoms with Crippen LogP contribution >= 0.6 is 11.3 Å². The van der Waals surface area contributed by atoms with E-state index in [1.807, 2.05) is 0 Å². The molecule has 0 unspecified atom stereocenters. The molecule has 0 fully saturated rings. The normalized spacial score (nSPS) is 11.1. The van der Waals surface area contributed by atoms with Crippen LogP contribution in [-0.2, 0) is 0 Å². The number of halogens is 2. The highest BCUT2D eigenvalue weighted by Crippen LogP contribution is 2.17. The number of hydrogen-bond donors (Lipinski definition) is 2. The van der Waals surface area contributed by atoms with Crippen molar-refractivity contribution in [3.63, 3.8) is 0 Å². The van der Waals surface area contributed by atoms with Crippen molar-refractivity contribution in [1.82, 2.24) is 4.98 Å². The van der Waals surface area contributed by atoms with E-state index in [0.717, 1.165) is 0 Å². The molecule has 2 rings (SSSR count). The molecule has 0 spiro atoms. The molecule has 0 amide bonds. The maximum absolute atomic E-state index is 13.5. The summed E-state index contributed by atoms with van der Waals surface area (Å²) in [6.45, 7) is 1.50. The number of anilines is 2. The van der Waals surface area contributed by atoms with Gasteiger partial charge in [0.05, 0.1) is 6.21 Å². The first-order chi connectivity index (χ1) is 8.58. The Morgan fingerprint density at radius 1 is 1.39 bits per heavy atom. The number of rotatable bonds is 3. The fraction of sp³-hybridized carbons (Fsp3) is 0.0909. The Morgan fingerprint density at radius 3 is 2.83 bits per heavy atom. The molecular formula is C11H10F2N4S. The molecule has 1 heterocycles. The number of aryl methyl sites for hydroxylation is 1. The molecule has 0 bridgehead atoms. The summed E-state index contributed by atoms with van der Waals surface area (Å²) in [5.74, 6) is -1.40. The van der Waals surface area contributed by atoms with Crippen molar-refractivity contribution in [2.75, 3.05) is 11.2 Å². The number of nitrogens with one attached hydrogen (secondary N) is 1. The number of nitrogens with two attached hydrogens (primary N) is 1. The highest BCUT2D eigenvalue weighted by molar-refractivity contribution is 7.14. The first-order valence-corrected chi connectivity index (χ1v) is 5.90. The van der Waals surface area contributed by atoms with E-state index in [-0.39, 0.29) is 11.1 Å². The Labute approximate surface area is 106 Å². The first-order valence-electron chi connectivity index (χ1n) is 5.02. The smallest absolute Gasteiger partial charge is 0.205 e. The molecule has 3 N–H and O–H groups in total. The second-order valence-electron chi connectivity index (χ2n) is 3.55. The summed E-state index contributed by atoms with van der Waals surface area (Å²) in [6, 6.07) is 2.94. The van der Waals surface area contributed by atoms with Gasteiger partial charge in [-0.3, -0.25) is 5.43 Å². The molecule has 0 atom stereocenters. The predicted octanol–water partition coefficient (Wildman–Crippen LogP) is 2.76. The van der Waals surface area contributed by atoms with Crippen LogP contribution in [0.25, 0.3) is 0 Å². The van der Waals surface area contributed by atoms with Crippen molar-refractivity contribution >= 4 is 28.5 Å². The third-order valence-electron chi connectivity index (χ3n) is 2.19. The lowest BCUT2D eigenvalue weighted by atomic mass is 10.1. The number of hydrazone groups is 1. The Bertz CT molecular complexity index is 595. The van der Waals surface area contributed by atoms with Gasteiger partial charge >= 0.3 is 0 Å². The average Bonchev–Trinajstić information content (AvgIpc) is 2.75. The van der Waals surface area contributed by atoms with Crippen LogP contribution in [0.15, 0.2) is 22.6 Å². The summed E-state index contributed by atoms with van der Waals surface area (Å²) < 4.78 is 26.7. The van der Waals surface area contributed by atoms with Crippen molar-refractivity contribution in [1.29, 1.82) is 0 Å². The van der Waals surface area contributed by atoms with Gasteiger partial charge in [-0.2, -0.15) is 5.10 Å². The maximum Gasteiger partial charge on any atom is 0.205 e. The van der Waals surface area contributed by atoms with Gasteiger partial charge in [-0.15, -0.1) is 11.3 Å². The van der Waals surface area contributed by atoms with E-state index in [4.69, 9.17) is 5.73 Å². The topological polar surface area (TPSA) is 63.3 Å². The zero-order valence-electron chi connectivity index (χ0n) is 9.45. The average molecular weight is 268 g/mol. The Hall–Kier alpha value is -2.02. The molecule has 2 aromatic rings. The van der Waals surface area contributed by atoms with E-state index < -0.39 is 11.6 Å². The second kappa shape index (κ2) is 5.09. The first kappa shape index (κ1) is 12.4. The van der Waals surface area contributed by atoms with Crippen LogP contribution in [0.4, 0.5) is 19.7 Å². The quantitative estimate of drug-likeness (QED) is 0.664. The van der Waals surface area contributed by atoms with E-state index in [1.165, 1.54) is 36.6 Å². The van der Waals surface area contributed by atoms with Gasteiger partial charge in [0.1, 0.15) is 5.82 Å². The number of hydrogen-bond acceptors (Lipinski definition) is 5. The van der Waals surface area contributed by atoms with Crippen LogP contribution in [-0.4, -0.2) is 11.2 Å². The van der Waals surface area contributed by atoms with Gasteiger partial charge in [-0.1, -0.05) is 6.07 Å². The highest BCUT2D eigenvalue weighted by Gasteiger charge is 2.08. The summed E-state index contributed by atoms with van der Waals surface area (Å²) in [5, 5.41) is 5.89. The van der Waals surface area contributed by atoms with Crippen LogP contribution in [0.1, 0.15) is 11.1 Å². The minimum absolute atomic E-state index is 0.0649. The number of nitrogens with zero attached hydrogens (tertiary/aromatic N) is 2. The zero-order valence-corrected chi connectivity index (χ0v) is 10.3. The van der Waals surface area contributed by atoms with Crippen LogP contribution in [0, 0.1) is 18.6 Å². The van der Waals surface area contributed by atoms with Crippen molar-refractivity contribution in [2.24, 2.45) is 5.10 Å². The fourth-order valence-electron chi connectivity index (χ4n) is 1.26. The van der Waals surface area contributed by atoms with Gasteiger partial charge in [-0.05, 0) is 18.6 Å². The summed E-state index contributed by atoms with van der Waals surface area (Å²) >= 11 is 1.27. The molecule has 1 aromatic carbocycles. The van der Waals surface area contributed by atoms with Gasteiger partial charge in [0.25, 0.3) is 0 Å². The number of nitrogen functional groups attached to an aromatic ring is 1. The predicted molar refractivity (Wildman–Crippen MR) is 68.8 cm³/mol. The summed E-state index contributed by atoms with van der Waals surface area (Å²) in [7, 11) is 0. The number of aromatic nitrogens is 1. The molecule has 4 nitrogen and oxygen atoms in total. The van der Waals surface area contributed by atoms with Gasteiger partial charge in [0.15, 0.2) is 11.6 Å². The summed E-state index contributed by atoms with van der Waals surface area (Å²) in [4.78, 5) is 3.90. The van der Waals surface area contributed by atoms with Gasteiger partial charge < -0.3 is 5.73 Å². The largest absolute Gasteiger partial charge is 0.383 e. The van der Waals surface area contributed by atoms with Crippen molar-refractivity contribution < 1.29 is 8.78 Å². The molecule has 0 radical (unpaired) electrons. The van der Waals surface area contributed by atoms with Gasteiger partial charge in [-0.25, -0.2) is 13.8 Å². The molecule has 0 aliphatic carbocycles. The van der Waals surface area contributed by atoms with Crippen molar-refractivity contribution in [2.45, 2.75) is 6.92 Å². The van der Waals surface area contributed by atoms with Gasteiger partial charge in [0.2, 0.25) is 5.13 Å². The molecule has 0 saturated heterocycles. The van der Waals surface area contributed by atoms with E-state index in [0.29, 0.717) is 10.9 Å². The highest BCUT2D eigenvalue weighted by atomic mass is 32.1. The fourth-order valence-corrected chi connectivity index (χ4v) is 1.80. The Balaban J connectivity index is 2.12. The molecular weight excluding hydrogens is 258 g/mol. The third-order valence-corrected chi connectivity index (χ3v) is 2.96. The summed E-state index contributed by atoms with van der Waals surface area (Å²) in [6.07, 6.45) is 1.19. The molecule has 0 aliphatic heterocycles. The van der Waals surface area contributed by atoms with E-state index in [1.54, 1.807) is 5.38 Å². The Kier molecular flexibility index (Phi) is 3.52. The van der Waals surface area contributed by atoms with Crippen LogP contribution < -0.4 is 11.2 Å². The number of thiazole rings is 1. The lowest BCUT2D eigenvalue weighted by Crippen LogP contribution is -1.97.